The molecule has 6 nitrogen and oxygen atoms in total. The van der Waals surface area contributed by atoms with Crippen LogP contribution in [-0.2, 0) is 17.8 Å². The van der Waals surface area contributed by atoms with E-state index in [0.29, 0.717) is 6.61 Å². The highest BCUT2D eigenvalue weighted by Crippen LogP contribution is 2.38. The molecule has 1 aromatic carbocycles. The van der Waals surface area contributed by atoms with E-state index in [1.54, 1.807) is 13.2 Å². The molecule has 1 N–H and O–H groups in total. The molecule has 4 rings (SSSR count). The lowest BCUT2D eigenvalue weighted by molar-refractivity contribution is -0.125. The summed E-state index contributed by atoms with van der Waals surface area (Å²) in [6.45, 7) is 2.50. The van der Waals surface area contributed by atoms with Gasteiger partial charge in [-0.2, -0.15) is 0 Å². The number of rotatable bonds is 5. The van der Waals surface area contributed by atoms with E-state index in [2.05, 4.69) is 23.0 Å². The smallest absolute Gasteiger partial charge is 0.246 e. The summed E-state index contributed by atoms with van der Waals surface area (Å²) in [5.41, 5.74) is 3.69. The van der Waals surface area contributed by atoms with Gasteiger partial charge in [0.05, 0.1) is 11.2 Å². The van der Waals surface area contributed by atoms with Gasteiger partial charge in [0.15, 0.2) is 5.17 Å². The minimum absolute atomic E-state index is 0.0855. The summed E-state index contributed by atoms with van der Waals surface area (Å²) < 4.78 is 5.85. The number of amides is 1. The van der Waals surface area contributed by atoms with Gasteiger partial charge >= 0.3 is 0 Å². The molecule has 0 radical (unpaired) electrons. The molecule has 142 valence electrons. The summed E-state index contributed by atoms with van der Waals surface area (Å²) in [4.78, 5) is 22.6. The molecule has 1 unspecified atom stereocenters. The molecule has 1 fully saturated rings. The predicted molar refractivity (Wildman–Crippen MR) is 111 cm³/mol. The third kappa shape index (κ3) is 3.57. The average Bonchev–Trinajstić information content (AvgIpc) is 2.99. The Balaban J connectivity index is 1.50. The first-order chi connectivity index (χ1) is 13.5. The van der Waals surface area contributed by atoms with E-state index in [9.17, 15) is 4.79 Å². The second-order valence-electron chi connectivity index (χ2n) is 6.62. The molecule has 0 bridgehead atoms. The first-order valence-corrected chi connectivity index (χ1v) is 9.92. The number of nitrogens with one attached hydrogen (secondary N) is 1. The van der Waals surface area contributed by atoms with Gasteiger partial charge in [-0.15, -0.1) is 0 Å². The van der Waals surface area contributed by atoms with Crippen LogP contribution in [0.2, 0.25) is 0 Å². The third-order valence-electron chi connectivity index (χ3n) is 4.75. The summed E-state index contributed by atoms with van der Waals surface area (Å²) in [6.07, 6.45) is 4.55. The molecule has 1 aliphatic rings. The third-order valence-corrected chi connectivity index (χ3v) is 5.96. The van der Waals surface area contributed by atoms with Crippen LogP contribution in [0.1, 0.15) is 29.0 Å². The quantitative estimate of drug-likeness (QED) is 0.711. The van der Waals surface area contributed by atoms with Crippen LogP contribution in [0.25, 0.3) is 10.9 Å². The monoisotopic (exact) mass is 392 g/mol. The average molecular weight is 392 g/mol. The number of aromatic nitrogens is 2. The number of likely N-dealkylation sites (N-methyl/N-ethyl adjacent to an activating group) is 1. The van der Waals surface area contributed by atoms with Crippen molar-refractivity contribution in [2.24, 2.45) is 0 Å². The minimum Gasteiger partial charge on any atom is -0.487 e. The van der Waals surface area contributed by atoms with Gasteiger partial charge in [0.25, 0.3) is 0 Å². The lowest BCUT2D eigenvalue weighted by Crippen LogP contribution is -2.24. The molecule has 1 aliphatic heterocycles. The number of pyridine rings is 2. The van der Waals surface area contributed by atoms with E-state index in [0.717, 1.165) is 34.3 Å². The van der Waals surface area contributed by atoms with E-state index in [4.69, 9.17) is 10.1 Å². The maximum absolute atomic E-state index is 12.3. The summed E-state index contributed by atoms with van der Waals surface area (Å²) in [6, 6.07) is 11.7. The molecule has 0 spiro atoms. The normalized spacial score (nSPS) is 16.8. The molecule has 1 saturated heterocycles. The molecular weight excluding hydrogens is 372 g/mol. The minimum atomic E-state index is -0.400. The Labute approximate surface area is 167 Å². The Kier molecular flexibility index (Phi) is 5.00. The van der Waals surface area contributed by atoms with Crippen molar-refractivity contribution in [1.29, 1.82) is 5.41 Å². The lowest BCUT2D eigenvalue weighted by atomic mass is 10.1. The maximum atomic E-state index is 12.3. The van der Waals surface area contributed by atoms with Crippen molar-refractivity contribution < 1.29 is 9.53 Å². The van der Waals surface area contributed by atoms with Crippen LogP contribution in [0.15, 0.2) is 48.8 Å². The van der Waals surface area contributed by atoms with Crippen LogP contribution in [0.5, 0.6) is 5.75 Å². The van der Waals surface area contributed by atoms with Gasteiger partial charge < -0.3 is 4.74 Å². The van der Waals surface area contributed by atoms with Crippen molar-refractivity contribution >= 4 is 33.7 Å². The topological polar surface area (TPSA) is 79.2 Å². The summed E-state index contributed by atoms with van der Waals surface area (Å²) in [5, 5.41) is 8.62. The number of carbonyl (C=O) groups is 1. The van der Waals surface area contributed by atoms with Crippen LogP contribution < -0.4 is 4.74 Å². The number of ether oxygens (including phenoxy) is 1. The zero-order chi connectivity index (χ0) is 19.7. The summed E-state index contributed by atoms with van der Waals surface area (Å²) in [5.74, 6) is 0.639. The Morgan fingerprint density at radius 1 is 1.18 bits per heavy atom. The van der Waals surface area contributed by atoms with Crippen LogP contribution in [0.4, 0.5) is 0 Å². The Morgan fingerprint density at radius 2 is 2.04 bits per heavy atom. The number of carbonyl (C=O) groups excluding carboxylic acids is 1. The molecule has 3 heterocycles. The molecule has 7 heteroatoms. The van der Waals surface area contributed by atoms with Crippen molar-refractivity contribution in [3.8, 4) is 5.75 Å². The fraction of sp³-hybridized carbons (Fsp3) is 0.238. The number of thioether (sulfide) groups is 1. The van der Waals surface area contributed by atoms with E-state index in [1.807, 2.05) is 36.5 Å². The largest absolute Gasteiger partial charge is 0.487 e. The molecule has 3 aromatic rings. The highest BCUT2D eigenvalue weighted by molar-refractivity contribution is 8.15. The number of amidine groups is 1. The fourth-order valence-corrected chi connectivity index (χ4v) is 3.98. The highest BCUT2D eigenvalue weighted by Gasteiger charge is 2.36. The van der Waals surface area contributed by atoms with Crippen molar-refractivity contribution in [3.05, 3.63) is 65.6 Å². The molecule has 1 atom stereocenters. The highest BCUT2D eigenvalue weighted by atomic mass is 32.2. The predicted octanol–water partition coefficient (Wildman–Crippen LogP) is 3.95. The number of aryl methyl sites for hydroxylation is 1. The Morgan fingerprint density at radius 3 is 2.71 bits per heavy atom. The van der Waals surface area contributed by atoms with Crippen LogP contribution in [0, 0.1) is 5.41 Å². The lowest BCUT2D eigenvalue weighted by Gasteiger charge is -2.10. The van der Waals surface area contributed by atoms with E-state index in [1.165, 1.54) is 22.2 Å². The molecular formula is C21H20N4O2S. The van der Waals surface area contributed by atoms with E-state index < -0.39 is 5.25 Å². The van der Waals surface area contributed by atoms with Gasteiger partial charge in [-0.1, -0.05) is 24.8 Å². The van der Waals surface area contributed by atoms with E-state index >= 15 is 0 Å². The van der Waals surface area contributed by atoms with E-state index in [-0.39, 0.29) is 11.1 Å². The van der Waals surface area contributed by atoms with Crippen molar-refractivity contribution in [2.75, 3.05) is 7.05 Å². The number of fused-ring (bicyclic) bond motifs is 1. The maximum Gasteiger partial charge on any atom is 0.246 e. The van der Waals surface area contributed by atoms with Gasteiger partial charge in [0, 0.05) is 30.9 Å². The van der Waals surface area contributed by atoms with Crippen LogP contribution in [0.3, 0.4) is 0 Å². The zero-order valence-corrected chi connectivity index (χ0v) is 16.5. The summed E-state index contributed by atoms with van der Waals surface area (Å²) >= 11 is 1.24. The van der Waals surface area contributed by atoms with Gasteiger partial charge in [-0.3, -0.25) is 25.1 Å². The Hall–Kier alpha value is -2.93. The summed E-state index contributed by atoms with van der Waals surface area (Å²) in [7, 11) is 1.63. The van der Waals surface area contributed by atoms with Crippen molar-refractivity contribution in [3.63, 3.8) is 0 Å². The SMILES string of the molecule is CCc1ccc(COc2ccc3cc(C4SC(=N)N(C)C4=O)cnc3c2)nc1. The second kappa shape index (κ2) is 7.59. The first-order valence-electron chi connectivity index (χ1n) is 9.04. The number of hydrogen-bond donors (Lipinski definition) is 1. The molecule has 0 saturated carbocycles. The molecule has 0 aliphatic carbocycles. The van der Waals surface area contributed by atoms with Gasteiger partial charge in [0.2, 0.25) is 5.91 Å². The van der Waals surface area contributed by atoms with Gasteiger partial charge in [0.1, 0.15) is 17.6 Å². The Bertz CT molecular complexity index is 1050. The second-order valence-corrected chi connectivity index (χ2v) is 7.72. The number of nitrogens with zero attached hydrogens (tertiary/aromatic N) is 3. The van der Waals surface area contributed by atoms with Crippen LogP contribution >= 0.6 is 11.8 Å². The number of hydrogen-bond acceptors (Lipinski definition) is 6. The first kappa shape index (κ1) is 18.4. The van der Waals surface area contributed by atoms with Crippen molar-refractivity contribution in [1.82, 2.24) is 14.9 Å². The van der Waals surface area contributed by atoms with Crippen molar-refractivity contribution in [2.45, 2.75) is 25.2 Å². The zero-order valence-electron chi connectivity index (χ0n) is 15.7. The molecule has 2 aromatic heterocycles. The molecule has 28 heavy (non-hydrogen) atoms. The van der Waals surface area contributed by atoms with Crippen LogP contribution in [-0.4, -0.2) is 33.0 Å². The van der Waals surface area contributed by atoms with Gasteiger partial charge in [-0.25, -0.2) is 0 Å². The number of benzene rings is 1. The fourth-order valence-electron chi connectivity index (χ4n) is 2.99. The standard InChI is InChI=1S/C21H20N4O2S/c1-3-13-4-6-16(23-10-13)12-27-17-7-5-14-8-15(11-24-18(14)9-17)19-20(26)25(2)21(22)28-19/h4-11,19,22H,3,12H2,1-2H3. The molecule has 1 amide bonds. The van der Waals surface area contributed by atoms with Gasteiger partial charge in [-0.05, 0) is 41.8 Å².